The zero-order chi connectivity index (χ0) is 22.8. The molecule has 2 heterocycles. The highest BCUT2D eigenvalue weighted by molar-refractivity contribution is 8.00. The molecule has 0 N–H and O–H groups in total. The van der Waals surface area contributed by atoms with Crippen LogP contribution in [0.3, 0.4) is 0 Å². The quantitative estimate of drug-likeness (QED) is 0.401. The average molecular weight is 454 g/mol. The number of fused-ring (bicyclic) bond motifs is 1. The van der Waals surface area contributed by atoms with E-state index in [1.807, 2.05) is 24.8 Å². The number of carbonyl (C=O) groups is 1. The van der Waals surface area contributed by atoms with Crippen molar-refractivity contribution >= 4 is 28.6 Å². The maximum absolute atomic E-state index is 13.6. The monoisotopic (exact) mass is 453 g/mol. The van der Waals surface area contributed by atoms with Crippen molar-refractivity contribution in [1.82, 2.24) is 14.5 Å². The Morgan fingerprint density at radius 3 is 2.53 bits per heavy atom. The van der Waals surface area contributed by atoms with Gasteiger partial charge in [0, 0.05) is 12.6 Å². The maximum Gasteiger partial charge on any atom is 0.266 e. The molecule has 5 nitrogen and oxygen atoms in total. The Balaban J connectivity index is 1.81. The zero-order valence-electron chi connectivity index (χ0n) is 18.6. The molecule has 1 aliphatic heterocycles. The number of benzene rings is 2. The van der Waals surface area contributed by atoms with Crippen LogP contribution < -0.4 is 5.56 Å². The Labute approximate surface area is 191 Å². The normalized spacial score (nSPS) is 17.7. The highest BCUT2D eigenvalue weighted by Crippen LogP contribution is 2.32. The number of halogens is 1. The lowest BCUT2D eigenvalue weighted by Gasteiger charge is -2.36. The van der Waals surface area contributed by atoms with Gasteiger partial charge in [-0.05, 0) is 68.5 Å². The van der Waals surface area contributed by atoms with Crippen LogP contribution in [0.1, 0.15) is 40.0 Å². The summed E-state index contributed by atoms with van der Waals surface area (Å²) in [5.74, 6) is -0.240. The second kappa shape index (κ2) is 9.45. The van der Waals surface area contributed by atoms with E-state index in [-0.39, 0.29) is 34.5 Å². The fraction of sp³-hybridized carbons (Fsp3) is 0.400. The molecule has 0 bridgehead atoms. The molecule has 0 aliphatic carbocycles. The van der Waals surface area contributed by atoms with Gasteiger partial charge in [-0.3, -0.25) is 14.2 Å². The van der Waals surface area contributed by atoms with Crippen LogP contribution in [-0.2, 0) is 4.79 Å². The number of thioether (sulfide) groups is 1. The Bertz CT molecular complexity index is 1180. The Morgan fingerprint density at radius 2 is 1.84 bits per heavy atom. The lowest BCUT2D eigenvalue weighted by Crippen LogP contribution is -2.47. The third-order valence-corrected chi connectivity index (χ3v) is 7.48. The standard InChI is InChI=1S/C25H28FN3O2S/c1-16(2)22(24(31)28-15-7-6-8-17(28)3)32-25-27-21-10-5-4-9-20(21)23(30)29(25)19-13-11-18(26)12-14-19/h4-5,9-14,16-17,22H,6-8,15H2,1-3H3. The first kappa shape index (κ1) is 22.5. The molecule has 0 saturated carbocycles. The number of aromatic nitrogens is 2. The number of para-hydroxylation sites is 1. The van der Waals surface area contributed by atoms with Crippen LogP contribution in [0.25, 0.3) is 16.6 Å². The van der Waals surface area contributed by atoms with Crippen LogP contribution >= 0.6 is 11.8 Å². The lowest BCUT2D eigenvalue weighted by molar-refractivity contribution is -0.134. The van der Waals surface area contributed by atoms with Crippen molar-refractivity contribution in [3.05, 3.63) is 64.7 Å². The van der Waals surface area contributed by atoms with Gasteiger partial charge in [-0.1, -0.05) is 37.7 Å². The number of piperidine rings is 1. The van der Waals surface area contributed by atoms with Crippen molar-refractivity contribution in [2.45, 2.75) is 56.5 Å². The van der Waals surface area contributed by atoms with E-state index >= 15 is 0 Å². The fourth-order valence-corrected chi connectivity index (χ4v) is 5.36. The van der Waals surface area contributed by atoms with Crippen molar-refractivity contribution in [1.29, 1.82) is 0 Å². The van der Waals surface area contributed by atoms with Crippen molar-refractivity contribution in [3.8, 4) is 5.69 Å². The minimum atomic E-state index is -0.379. The summed E-state index contributed by atoms with van der Waals surface area (Å²) >= 11 is 1.32. The van der Waals surface area contributed by atoms with E-state index in [0.29, 0.717) is 21.7 Å². The molecule has 32 heavy (non-hydrogen) atoms. The van der Waals surface area contributed by atoms with Gasteiger partial charge >= 0.3 is 0 Å². The van der Waals surface area contributed by atoms with Gasteiger partial charge in [0.2, 0.25) is 5.91 Å². The van der Waals surface area contributed by atoms with E-state index < -0.39 is 0 Å². The Kier molecular flexibility index (Phi) is 6.65. The molecule has 2 unspecified atom stereocenters. The van der Waals surface area contributed by atoms with Crippen molar-refractivity contribution in [3.63, 3.8) is 0 Å². The molecule has 1 saturated heterocycles. The molecule has 2 aromatic carbocycles. The van der Waals surface area contributed by atoms with E-state index in [1.165, 1.54) is 28.5 Å². The minimum absolute atomic E-state index is 0.0478. The SMILES string of the molecule is CC(C)C(Sc1nc2ccccc2c(=O)n1-c1ccc(F)cc1)C(=O)N1CCCCC1C. The van der Waals surface area contributed by atoms with Crippen LogP contribution in [0, 0.1) is 11.7 Å². The van der Waals surface area contributed by atoms with Crippen molar-refractivity contribution < 1.29 is 9.18 Å². The van der Waals surface area contributed by atoms with Gasteiger partial charge in [-0.2, -0.15) is 0 Å². The predicted molar refractivity (Wildman–Crippen MR) is 127 cm³/mol. The summed E-state index contributed by atoms with van der Waals surface area (Å²) in [7, 11) is 0. The highest BCUT2D eigenvalue weighted by Gasteiger charge is 2.33. The molecule has 0 spiro atoms. The first-order valence-corrected chi connectivity index (χ1v) is 12.0. The van der Waals surface area contributed by atoms with Crippen LogP contribution in [0.4, 0.5) is 4.39 Å². The zero-order valence-corrected chi connectivity index (χ0v) is 19.4. The summed E-state index contributed by atoms with van der Waals surface area (Å²) in [5, 5.41) is 0.547. The summed E-state index contributed by atoms with van der Waals surface area (Å²) in [4.78, 5) is 33.7. The molecule has 7 heteroatoms. The predicted octanol–water partition coefficient (Wildman–Crippen LogP) is 5.04. The lowest BCUT2D eigenvalue weighted by atomic mass is 10.0. The molecule has 1 fully saturated rings. The smallest absolute Gasteiger partial charge is 0.266 e. The fourth-order valence-electron chi connectivity index (χ4n) is 4.18. The summed E-state index contributed by atoms with van der Waals surface area (Å²) in [6, 6.07) is 13.2. The van der Waals surface area contributed by atoms with Crippen molar-refractivity contribution in [2.75, 3.05) is 6.54 Å². The van der Waals surface area contributed by atoms with Gasteiger partial charge in [0.15, 0.2) is 5.16 Å². The highest BCUT2D eigenvalue weighted by atomic mass is 32.2. The van der Waals surface area contributed by atoms with Gasteiger partial charge in [0.05, 0.1) is 21.8 Å². The van der Waals surface area contributed by atoms with Gasteiger partial charge < -0.3 is 4.90 Å². The van der Waals surface area contributed by atoms with Gasteiger partial charge in [-0.15, -0.1) is 0 Å². The van der Waals surface area contributed by atoms with E-state index in [2.05, 4.69) is 6.92 Å². The molecular weight excluding hydrogens is 425 g/mol. The Morgan fingerprint density at radius 1 is 1.12 bits per heavy atom. The number of hydrogen-bond donors (Lipinski definition) is 0. The van der Waals surface area contributed by atoms with E-state index in [0.717, 1.165) is 25.8 Å². The summed E-state index contributed by atoms with van der Waals surface area (Å²) < 4.78 is 15.1. The maximum atomic E-state index is 13.6. The molecule has 1 aromatic heterocycles. The number of rotatable bonds is 5. The molecular formula is C25H28FN3O2S. The third-order valence-electron chi connectivity index (χ3n) is 6.00. The number of carbonyl (C=O) groups excluding carboxylic acids is 1. The third kappa shape index (κ3) is 4.44. The first-order chi connectivity index (χ1) is 15.4. The van der Waals surface area contributed by atoms with Gasteiger partial charge in [0.1, 0.15) is 5.82 Å². The molecule has 1 aliphatic rings. The number of hydrogen-bond acceptors (Lipinski definition) is 4. The van der Waals surface area contributed by atoms with Gasteiger partial charge in [-0.25, -0.2) is 9.37 Å². The molecule has 3 aromatic rings. The average Bonchev–Trinajstić information content (AvgIpc) is 2.78. The molecule has 1 amide bonds. The van der Waals surface area contributed by atoms with Crippen molar-refractivity contribution in [2.24, 2.45) is 5.92 Å². The molecule has 0 radical (unpaired) electrons. The largest absolute Gasteiger partial charge is 0.339 e. The summed E-state index contributed by atoms with van der Waals surface area (Å²) in [6.07, 6.45) is 3.16. The number of amides is 1. The van der Waals surface area contributed by atoms with Gasteiger partial charge in [0.25, 0.3) is 5.56 Å². The van der Waals surface area contributed by atoms with E-state index in [4.69, 9.17) is 4.98 Å². The van der Waals surface area contributed by atoms with Crippen LogP contribution in [0.15, 0.2) is 58.5 Å². The molecule has 2 atom stereocenters. The summed E-state index contributed by atoms with van der Waals surface area (Å²) in [5.41, 5.74) is 0.879. The molecule has 4 rings (SSSR count). The molecule has 168 valence electrons. The topological polar surface area (TPSA) is 55.2 Å². The van der Waals surface area contributed by atoms with Crippen LogP contribution in [0.5, 0.6) is 0 Å². The minimum Gasteiger partial charge on any atom is -0.339 e. The second-order valence-electron chi connectivity index (χ2n) is 8.69. The number of likely N-dealkylation sites (tertiary alicyclic amines) is 1. The second-order valence-corrected chi connectivity index (χ2v) is 9.80. The van der Waals surface area contributed by atoms with E-state index in [1.54, 1.807) is 30.3 Å². The van der Waals surface area contributed by atoms with E-state index in [9.17, 15) is 14.0 Å². The van der Waals surface area contributed by atoms with Crippen LogP contribution in [-0.4, -0.2) is 38.2 Å². The van der Waals surface area contributed by atoms with Crippen LogP contribution in [0.2, 0.25) is 0 Å². The first-order valence-electron chi connectivity index (χ1n) is 11.1. The number of nitrogens with zero attached hydrogens (tertiary/aromatic N) is 3. The Hall–Kier alpha value is -2.67. The summed E-state index contributed by atoms with van der Waals surface area (Å²) in [6.45, 7) is 6.90.